The van der Waals surface area contributed by atoms with E-state index < -0.39 is 0 Å². The number of ketones is 1. The summed E-state index contributed by atoms with van der Waals surface area (Å²) in [5.41, 5.74) is 6.66. The van der Waals surface area contributed by atoms with Crippen LogP contribution < -0.4 is 5.73 Å². The first-order valence-electron chi connectivity index (χ1n) is 5.99. The third-order valence-corrected chi connectivity index (χ3v) is 2.57. The number of hydrogen-bond acceptors (Lipinski definition) is 3. The Bertz CT molecular complexity index is 335. The van der Waals surface area contributed by atoms with Gasteiger partial charge in [-0.1, -0.05) is 37.3 Å². The molecule has 94 valence electrons. The molecule has 1 aromatic carbocycles. The Morgan fingerprint density at radius 1 is 1.29 bits per heavy atom. The highest BCUT2D eigenvalue weighted by Gasteiger charge is 2.12. The zero-order chi connectivity index (χ0) is 12.7. The number of nitrogens with two attached hydrogens (primary N) is 1. The van der Waals surface area contributed by atoms with Crippen LogP contribution in [0.4, 0.5) is 0 Å². The maximum atomic E-state index is 11.4. The molecule has 0 spiro atoms. The summed E-state index contributed by atoms with van der Waals surface area (Å²) < 4.78 is 5.57. The van der Waals surface area contributed by atoms with Crippen molar-refractivity contribution in [2.45, 2.75) is 32.9 Å². The first kappa shape index (κ1) is 13.9. The second kappa shape index (κ2) is 7.20. The van der Waals surface area contributed by atoms with Crippen LogP contribution in [0.15, 0.2) is 30.3 Å². The van der Waals surface area contributed by atoms with E-state index in [9.17, 15) is 4.79 Å². The van der Waals surface area contributed by atoms with Gasteiger partial charge in [0.15, 0.2) is 0 Å². The van der Waals surface area contributed by atoms with Gasteiger partial charge in [-0.2, -0.15) is 0 Å². The number of benzene rings is 1. The second-order valence-corrected chi connectivity index (χ2v) is 4.57. The lowest BCUT2D eigenvalue weighted by Crippen LogP contribution is -2.28. The van der Waals surface area contributed by atoms with E-state index in [0.717, 1.165) is 5.56 Å². The standard InChI is InChI=1S/C14H21NO2/c1-11(8-14(16)12(2)15)9-17-10-13-6-4-3-5-7-13/h3-7,11-12H,8-10,15H2,1-2H3/t11?,12-/m1/s1. The summed E-state index contributed by atoms with van der Waals surface area (Å²) in [5.74, 6) is 0.318. The average molecular weight is 235 g/mol. The van der Waals surface area contributed by atoms with E-state index in [1.165, 1.54) is 0 Å². The molecule has 3 heteroatoms. The number of hydrogen-bond donors (Lipinski definition) is 1. The van der Waals surface area contributed by atoms with Crippen molar-refractivity contribution in [3.8, 4) is 0 Å². The molecule has 0 amide bonds. The van der Waals surface area contributed by atoms with Gasteiger partial charge in [0.05, 0.1) is 12.6 Å². The van der Waals surface area contributed by atoms with Crippen LogP contribution in [0.2, 0.25) is 0 Å². The van der Waals surface area contributed by atoms with Crippen LogP contribution in [0.25, 0.3) is 0 Å². The summed E-state index contributed by atoms with van der Waals surface area (Å²) in [6, 6.07) is 9.64. The minimum atomic E-state index is -0.369. The molecule has 0 aromatic heterocycles. The molecular weight excluding hydrogens is 214 g/mol. The molecule has 0 bridgehead atoms. The van der Waals surface area contributed by atoms with Crippen molar-refractivity contribution in [3.05, 3.63) is 35.9 Å². The van der Waals surface area contributed by atoms with Crippen molar-refractivity contribution in [2.75, 3.05) is 6.61 Å². The maximum Gasteiger partial charge on any atom is 0.149 e. The van der Waals surface area contributed by atoms with Gasteiger partial charge < -0.3 is 10.5 Å². The fraction of sp³-hybridized carbons (Fsp3) is 0.500. The number of carbonyl (C=O) groups is 1. The summed E-state index contributed by atoms with van der Waals surface area (Å²) in [5, 5.41) is 0. The highest BCUT2D eigenvalue weighted by molar-refractivity contribution is 5.83. The Labute approximate surface area is 103 Å². The van der Waals surface area contributed by atoms with Crippen molar-refractivity contribution in [3.63, 3.8) is 0 Å². The molecule has 1 unspecified atom stereocenters. The molecule has 17 heavy (non-hydrogen) atoms. The predicted molar refractivity (Wildman–Crippen MR) is 68.5 cm³/mol. The molecular formula is C14H21NO2. The largest absolute Gasteiger partial charge is 0.376 e. The Hall–Kier alpha value is -1.19. The van der Waals surface area contributed by atoms with Crippen molar-refractivity contribution in [2.24, 2.45) is 11.7 Å². The van der Waals surface area contributed by atoms with Crippen LogP contribution >= 0.6 is 0 Å². The van der Waals surface area contributed by atoms with E-state index in [4.69, 9.17) is 10.5 Å². The Morgan fingerprint density at radius 2 is 1.94 bits per heavy atom. The second-order valence-electron chi connectivity index (χ2n) is 4.57. The van der Waals surface area contributed by atoms with E-state index in [-0.39, 0.29) is 17.7 Å². The Morgan fingerprint density at radius 3 is 2.53 bits per heavy atom. The molecule has 3 nitrogen and oxygen atoms in total. The van der Waals surface area contributed by atoms with Gasteiger partial charge in [-0.15, -0.1) is 0 Å². The monoisotopic (exact) mass is 235 g/mol. The fourth-order valence-electron chi connectivity index (χ4n) is 1.54. The normalized spacial score (nSPS) is 14.3. The molecule has 1 rings (SSSR count). The molecule has 0 aliphatic rings. The van der Waals surface area contributed by atoms with E-state index in [2.05, 4.69) is 0 Å². The summed E-state index contributed by atoms with van der Waals surface area (Å²) >= 11 is 0. The fourth-order valence-corrected chi connectivity index (χ4v) is 1.54. The van der Waals surface area contributed by atoms with Crippen LogP contribution in [0.5, 0.6) is 0 Å². The zero-order valence-corrected chi connectivity index (χ0v) is 10.6. The van der Waals surface area contributed by atoms with E-state index >= 15 is 0 Å². The first-order valence-corrected chi connectivity index (χ1v) is 5.99. The van der Waals surface area contributed by atoms with Crippen LogP contribution in [0, 0.1) is 5.92 Å². The number of Topliss-reactive ketones (excluding diaryl/α,β-unsaturated/α-hetero) is 1. The first-order chi connectivity index (χ1) is 8.09. The lowest BCUT2D eigenvalue weighted by atomic mass is 10.0. The minimum Gasteiger partial charge on any atom is -0.376 e. The number of carbonyl (C=O) groups excluding carboxylic acids is 1. The number of rotatable bonds is 7. The lowest BCUT2D eigenvalue weighted by molar-refractivity contribution is -0.121. The van der Waals surface area contributed by atoms with Gasteiger partial charge in [0.1, 0.15) is 5.78 Å². The molecule has 0 aliphatic carbocycles. The summed E-state index contributed by atoms with van der Waals surface area (Å²) in [4.78, 5) is 11.4. The molecule has 0 fully saturated rings. The number of ether oxygens (including phenoxy) is 1. The molecule has 0 radical (unpaired) electrons. The smallest absolute Gasteiger partial charge is 0.149 e. The molecule has 0 aliphatic heterocycles. The predicted octanol–water partition coefficient (Wildman–Crippen LogP) is 2.15. The van der Waals surface area contributed by atoms with Gasteiger partial charge in [0, 0.05) is 13.0 Å². The van der Waals surface area contributed by atoms with Gasteiger partial charge >= 0.3 is 0 Å². The van der Waals surface area contributed by atoms with Crippen molar-refractivity contribution >= 4 is 5.78 Å². The topological polar surface area (TPSA) is 52.3 Å². The van der Waals surface area contributed by atoms with Gasteiger partial charge in [-0.05, 0) is 18.4 Å². The maximum absolute atomic E-state index is 11.4. The van der Waals surface area contributed by atoms with E-state index in [0.29, 0.717) is 19.6 Å². The highest BCUT2D eigenvalue weighted by atomic mass is 16.5. The van der Waals surface area contributed by atoms with Crippen molar-refractivity contribution < 1.29 is 9.53 Å². The third kappa shape index (κ3) is 5.61. The average Bonchev–Trinajstić information content (AvgIpc) is 2.30. The third-order valence-electron chi connectivity index (χ3n) is 2.57. The highest BCUT2D eigenvalue weighted by Crippen LogP contribution is 2.07. The Balaban J connectivity index is 2.20. The van der Waals surface area contributed by atoms with Crippen molar-refractivity contribution in [1.82, 2.24) is 0 Å². The van der Waals surface area contributed by atoms with Crippen LogP contribution in [-0.4, -0.2) is 18.4 Å². The van der Waals surface area contributed by atoms with Crippen LogP contribution in [0.3, 0.4) is 0 Å². The molecule has 0 heterocycles. The molecule has 2 N–H and O–H groups in total. The lowest BCUT2D eigenvalue weighted by Gasteiger charge is -2.12. The van der Waals surface area contributed by atoms with Gasteiger partial charge in [0.25, 0.3) is 0 Å². The molecule has 1 aromatic rings. The summed E-state index contributed by atoms with van der Waals surface area (Å²) in [6.07, 6.45) is 0.493. The molecule has 2 atom stereocenters. The minimum absolute atomic E-state index is 0.0980. The Kier molecular flexibility index (Phi) is 5.87. The van der Waals surface area contributed by atoms with Gasteiger partial charge in [-0.3, -0.25) is 4.79 Å². The SMILES string of the molecule is CC(COCc1ccccc1)CC(=O)[C@@H](C)N. The zero-order valence-electron chi connectivity index (χ0n) is 10.6. The summed E-state index contributed by atoms with van der Waals surface area (Å²) in [6.45, 7) is 4.91. The van der Waals surface area contributed by atoms with E-state index in [1.807, 2.05) is 37.3 Å². The van der Waals surface area contributed by atoms with E-state index in [1.54, 1.807) is 6.92 Å². The van der Waals surface area contributed by atoms with Gasteiger partial charge in [-0.25, -0.2) is 0 Å². The van der Waals surface area contributed by atoms with Gasteiger partial charge in [0.2, 0.25) is 0 Å². The molecule has 0 saturated carbocycles. The quantitative estimate of drug-likeness (QED) is 0.787. The molecule has 0 saturated heterocycles. The van der Waals surface area contributed by atoms with Crippen molar-refractivity contribution in [1.29, 1.82) is 0 Å². The summed E-state index contributed by atoms with van der Waals surface area (Å²) in [7, 11) is 0. The van der Waals surface area contributed by atoms with Crippen LogP contribution in [0.1, 0.15) is 25.8 Å². The van der Waals surface area contributed by atoms with Crippen LogP contribution in [-0.2, 0) is 16.1 Å².